The molecule has 1 N–H and O–H groups in total. The minimum Gasteiger partial charge on any atom is -0.384 e. The number of nitrogens with one attached hydrogen (secondary N) is 1. The molecule has 110 valence electrons. The molecule has 2 rings (SSSR count). The Kier molecular flexibility index (Phi) is 5.87. The number of hydrogen-bond acceptors (Lipinski definition) is 3. The van der Waals surface area contributed by atoms with Crippen LogP contribution in [0.5, 0.6) is 0 Å². The first-order valence-corrected chi connectivity index (χ1v) is 7.43. The minimum absolute atomic E-state index is 0.000124. The third-order valence-electron chi connectivity index (χ3n) is 3.63. The van der Waals surface area contributed by atoms with E-state index in [4.69, 9.17) is 4.74 Å². The van der Waals surface area contributed by atoms with Crippen LogP contribution < -0.4 is 10.2 Å². The van der Waals surface area contributed by atoms with Gasteiger partial charge in [-0.05, 0) is 31.0 Å². The lowest BCUT2D eigenvalue weighted by molar-refractivity contribution is -0.117. The predicted octanol–water partition coefficient (Wildman–Crippen LogP) is 3.04. The maximum atomic E-state index is 11.7. The maximum Gasteiger partial charge on any atom is 0.226 e. The third kappa shape index (κ3) is 4.53. The Bertz CT molecular complexity index is 426. The quantitative estimate of drug-likeness (QED) is 0.898. The van der Waals surface area contributed by atoms with Gasteiger partial charge in [-0.15, -0.1) is 0 Å². The Balaban J connectivity index is 1.97. The standard InChI is InChI=1S/C16H24N2O2/c1-20-12-9-16(19)17-14-7-6-8-15(13-14)18-10-4-2-3-5-11-18/h6-8,13H,2-5,9-12H2,1H3,(H,17,19). The summed E-state index contributed by atoms with van der Waals surface area (Å²) in [5.74, 6) is -0.000124. The first kappa shape index (κ1) is 14.9. The van der Waals surface area contributed by atoms with E-state index in [0.717, 1.165) is 18.8 Å². The highest BCUT2D eigenvalue weighted by atomic mass is 16.5. The Labute approximate surface area is 121 Å². The molecule has 1 saturated heterocycles. The first-order chi connectivity index (χ1) is 9.79. The largest absolute Gasteiger partial charge is 0.384 e. The summed E-state index contributed by atoms with van der Waals surface area (Å²) in [4.78, 5) is 14.1. The van der Waals surface area contributed by atoms with Crippen LogP contribution in [0.3, 0.4) is 0 Å². The highest BCUT2D eigenvalue weighted by molar-refractivity contribution is 5.91. The molecule has 0 aliphatic carbocycles. The van der Waals surface area contributed by atoms with Crippen LogP contribution in [0, 0.1) is 0 Å². The van der Waals surface area contributed by atoms with Crippen molar-refractivity contribution in [2.45, 2.75) is 32.1 Å². The summed E-state index contributed by atoms with van der Waals surface area (Å²) in [5.41, 5.74) is 2.07. The third-order valence-corrected chi connectivity index (χ3v) is 3.63. The lowest BCUT2D eigenvalue weighted by atomic mass is 10.2. The maximum absolute atomic E-state index is 11.7. The van der Waals surface area contributed by atoms with E-state index in [1.165, 1.54) is 31.4 Å². The van der Waals surface area contributed by atoms with E-state index in [1.807, 2.05) is 12.1 Å². The van der Waals surface area contributed by atoms with Gasteiger partial charge in [0.2, 0.25) is 5.91 Å². The molecule has 4 heteroatoms. The van der Waals surface area contributed by atoms with E-state index in [1.54, 1.807) is 7.11 Å². The van der Waals surface area contributed by atoms with Crippen molar-refractivity contribution < 1.29 is 9.53 Å². The van der Waals surface area contributed by atoms with Crippen LogP contribution in [0.4, 0.5) is 11.4 Å². The van der Waals surface area contributed by atoms with Crippen molar-refractivity contribution in [2.75, 3.05) is 37.0 Å². The van der Waals surface area contributed by atoms with Gasteiger partial charge in [0.05, 0.1) is 13.0 Å². The highest BCUT2D eigenvalue weighted by Crippen LogP contribution is 2.22. The average Bonchev–Trinajstić information content (AvgIpc) is 2.74. The summed E-state index contributed by atoms with van der Waals surface area (Å²) >= 11 is 0. The number of benzene rings is 1. The number of hydrogen-bond donors (Lipinski definition) is 1. The van der Waals surface area contributed by atoms with Gasteiger partial charge in [-0.3, -0.25) is 4.79 Å². The Hall–Kier alpha value is -1.55. The van der Waals surface area contributed by atoms with Gasteiger partial charge in [-0.1, -0.05) is 18.9 Å². The molecule has 4 nitrogen and oxygen atoms in total. The summed E-state index contributed by atoms with van der Waals surface area (Å²) in [6, 6.07) is 8.13. The van der Waals surface area contributed by atoms with Crippen LogP contribution >= 0.6 is 0 Å². The molecule has 1 aliphatic rings. The second-order valence-electron chi connectivity index (χ2n) is 5.24. The Morgan fingerprint density at radius 1 is 1.25 bits per heavy atom. The van der Waals surface area contributed by atoms with E-state index in [9.17, 15) is 4.79 Å². The number of rotatable bonds is 5. The molecule has 0 aromatic heterocycles. The van der Waals surface area contributed by atoms with E-state index < -0.39 is 0 Å². The average molecular weight is 276 g/mol. The fourth-order valence-electron chi connectivity index (χ4n) is 2.53. The SMILES string of the molecule is COCCC(=O)Nc1cccc(N2CCCCCC2)c1. The van der Waals surface area contributed by atoms with E-state index >= 15 is 0 Å². The van der Waals surface area contributed by atoms with Gasteiger partial charge in [-0.25, -0.2) is 0 Å². The molecule has 0 bridgehead atoms. The Morgan fingerprint density at radius 2 is 2.00 bits per heavy atom. The summed E-state index contributed by atoms with van der Waals surface area (Å²) in [7, 11) is 1.60. The lowest BCUT2D eigenvalue weighted by Gasteiger charge is -2.23. The molecule has 0 atom stereocenters. The van der Waals surface area contributed by atoms with Gasteiger partial charge in [0.25, 0.3) is 0 Å². The lowest BCUT2D eigenvalue weighted by Crippen LogP contribution is -2.24. The van der Waals surface area contributed by atoms with Crippen molar-refractivity contribution in [1.29, 1.82) is 0 Å². The van der Waals surface area contributed by atoms with Gasteiger partial charge in [0.1, 0.15) is 0 Å². The van der Waals surface area contributed by atoms with Crippen LogP contribution in [0.2, 0.25) is 0 Å². The molecule has 20 heavy (non-hydrogen) atoms. The van der Waals surface area contributed by atoms with E-state index in [2.05, 4.69) is 22.3 Å². The molecule has 1 aromatic carbocycles. The molecule has 1 heterocycles. The molecule has 1 fully saturated rings. The molecule has 0 unspecified atom stereocenters. The molecular formula is C16H24N2O2. The fraction of sp³-hybridized carbons (Fsp3) is 0.562. The van der Waals surface area contributed by atoms with Crippen molar-refractivity contribution in [1.82, 2.24) is 0 Å². The predicted molar refractivity (Wildman–Crippen MR) is 82.2 cm³/mol. The first-order valence-electron chi connectivity index (χ1n) is 7.43. The van der Waals surface area contributed by atoms with Gasteiger partial charge >= 0.3 is 0 Å². The highest BCUT2D eigenvalue weighted by Gasteiger charge is 2.10. The van der Waals surface area contributed by atoms with Crippen molar-refractivity contribution in [3.05, 3.63) is 24.3 Å². The van der Waals surface area contributed by atoms with E-state index in [0.29, 0.717) is 13.0 Å². The normalized spacial score (nSPS) is 15.8. The fourth-order valence-corrected chi connectivity index (χ4v) is 2.53. The zero-order chi connectivity index (χ0) is 14.2. The summed E-state index contributed by atoms with van der Waals surface area (Å²) < 4.78 is 4.91. The van der Waals surface area contributed by atoms with Crippen LogP contribution in [0.15, 0.2) is 24.3 Å². The van der Waals surface area contributed by atoms with E-state index in [-0.39, 0.29) is 5.91 Å². The summed E-state index contributed by atoms with van der Waals surface area (Å²) in [5, 5.41) is 2.93. The van der Waals surface area contributed by atoms with Crippen LogP contribution in [0.25, 0.3) is 0 Å². The molecule has 0 spiro atoms. The smallest absolute Gasteiger partial charge is 0.226 e. The number of ether oxygens (including phenoxy) is 1. The molecule has 1 aromatic rings. The van der Waals surface area contributed by atoms with Gasteiger partial charge in [0.15, 0.2) is 0 Å². The topological polar surface area (TPSA) is 41.6 Å². The Morgan fingerprint density at radius 3 is 2.70 bits per heavy atom. The monoisotopic (exact) mass is 276 g/mol. The molecule has 1 aliphatic heterocycles. The molecular weight excluding hydrogens is 252 g/mol. The van der Waals surface area contributed by atoms with Gasteiger partial charge in [-0.2, -0.15) is 0 Å². The number of nitrogens with zero attached hydrogens (tertiary/aromatic N) is 1. The number of methoxy groups -OCH3 is 1. The van der Waals surface area contributed by atoms with Crippen LogP contribution in [-0.4, -0.2) is 32.7 Å². The summed E-state index contributed by atoms with van der Waals surface area (Å²) in [6.45, 7) is 2.68. The minimum atomic E-state index is -0.000124. The number of carbonyl (C=O) groups excluding carboxylic acids is 1. The molecule has 1 amide bonds. The van der Waals surface area contributed by atoms with Gasteiger partial charge < -0.3 is 15.0 Å². The van der Waals surface area contributed by atoms with Crippen molar-refractivity contribution >= 4 is 17.3 Å². The van der Waals surface area contributed by atoms with Crippen molar-refractivity contribution in [2.24, 2.45) is 0 Å². The number of anilines is 2. The second kappa shape index (κ2) is 7.90. The summed E-state index contributed by atoms with van der Waals surface area (Å²) in [6.07, 6.45) is 5.55. The zero-order valence-electron chi connectivity index (χ0n) is 12.2. The number of carbonyl (C=O) groups is 1. The second-order valence-corrected chi connectivity index (χ2v) is 5.24. The molecule has 0 radical (unpaired) electrons. The number of amides is 1. The van der Waals surface area contributed by atoms with Crippen LogP contribution in [0.1, 0.15) is 32.1 Å². The zero-order valence-corrected chi connectivity index (χ0v) is 12.2. The van der Waals surface area contributed by atoms with Crippen LogP contribution in [-0.2, 0) is 9.53 Å². The van der Waals surface area contributed by atoms with Gasteiger partial charge in [0, 0.05) is 31.6 Å². The van der Waals surface area contributed by atoms with Crippen molar-refractivity contribution in [3.63, 3.8) is 0 Å². The van der Waals surface area contributed by atoms with Crippen molar-refractivity contribution in [3.8, 4) is 0 Å². The molecule has 0 saturated carbocycles.